The van der Waals surface area contributed by atoms with Crippen molar-refractivity contribution in [3.05, 3.63) is 212 Å². The van der Waals surface area contributed by atoms with Crippen molar-refractivity contribution < 1.29 is 4.42 Å². The normalized spacial score (nSPS) is 11.3. The number of anilines is 3. The van der Waals surface area contributed by atoms with Gasteiger partial charge in [0.25, 0.3) is 0 Å². The molecule has 9 aromatic carbocycles. The predicted molar refractivity (Wildman–Crippen MR) is 228 cm³/mol. The zero-order chi connectivity index (χ0) is 35.8. The average molecular weight is 690 g/mol. The molecule has 0 bridgehead atoms. The Morgan fingerprint density at radius 3 is 1.74 bits per heavy atom. The predicted octanol–water partition coefficient (Wildman–Crippen LogP) is 14.9. The lowest BCUT2D eigenvalue weighted by Gasteiger charge is -2.28. The van der Waals surface area contributed by atoms with Gasteiger partial charge in [-0.25, -0.2) is 0 Å². The number of fused-ring (bicyclic) bond motifs is 4. The maximum Gasteiger partial charge on any atom is 0.135 e. The Morgan fingerprint density at radius 1 is 0.296 bits per heavy atom. The van der Waals surface area contributed by atoms with Crippen molar-refractivity contribution in [1.29, 1.82) is 0 Å². The second-order valence-corrected chi connectivity index (χ2v) is 13.7. The van der Waals surface area contributed by atoms with E-state index in [9.17, 15) is 0 Å². The van der Waals surface area contributed by atoms with Crippen molar-refractivity contribution in [1.82, 2.24) is 0 Å². The summed E-state index contributed by atoms with van der Waals surface area (Å²) in [6.45, 7) is 0. The molecule has 0 aliphatic rings. The number of benzene rings is 9. The van der Waals surface area contributed by atoms with Gasteiger partial charge < -0.3 is 9.32 Å². The molecular weight excluding hydrogens is 655 g/mol. The fourth-order valence-electron chi connectivity index (χ4n) is 7.91. The lowest BCUT2D eigenvalue weighted by atomic mass is 9.91. The van der Waals surface area contributed by atoms with Crippen molar-refractivity contribution >= 4 is 49.8 Å². The lowest BCUT2D eigenvalue weighted by Crippen LogP contribution is -2.11. The van der Waals surface area contributed by atoms with Crippen LogP contribution in [-0.4, -0.2) is 0 Å². The summed E-state index contributed by atoms with van der Waals surface area (Å²) >= 11 is 0. The molecule has 2 nitrogen and oxygen atoms in total. The van der Waals surface area contributed by atoms with Gasteiger partial charge in [-0.1, -0.05) is 164 Å². The molecule has 254 valence electrons. The molecule has 54 heavy (non-hydrogen) atoms. The molecule has 2 heteroatoms. The van der Waals surface area contributed by atoms with E-state index in [0.29, 0.717) is 0 Å². The number of furan rings is 1. The SMILES string of the molecule is c1ccc(-c2ccc(N(c3cccc(-c4ccccc4-c4cccc5ccccc45)c3)c3ccccc3-c3ccc4oc5ccccc5c4c3)cc2)cc1. The number of para-hydroxylation sites is 2. The summed E-state index contributed by atoms with van der Waals surface area (Å²) in [5.74, 6) is 0. The minimum Gasteiger partial charge on any atom is -0.456 e. The van der Waals surface area contributed by atoms with Gasteiger partial charge in [0.1, 0.15) is 11.2 Å². The third-order valence-electron chi connectivity index (χ3n) is 10.5. The van der Waals surface area contributed by atoms with Crippen molar-refractivity contribution in [2.75, 3.05) is 4.90 Å². The molecule has 0 spiro atoms. The molecule has 0 N–H and O–H groups in total. The Kier molecular flexibility index (Phi) is 7.85. The summed E-state index contributed by atoms with van der Waals surface area (Å²) in [5, 5.41) is 4.73. The first-order chi connectivity index (χ1) is 26.8. The highest BCUT2D eigenvalue weighted by Gasteiger charge is 2.20. The van der Waals surface area contributed by atoms with Crippen LogP contribution in [0.15, 0.2) is 217 Å². The molecule has 0 unspecified atom stereocenters. The summed E-state index contributed by atoms with van der Waals surface area (Å²) in [7, 11) is 0. The number of hydrogen-bond donors (Lipinski definition) is 0. The fourth-order valence-corrected chi connectivity index (χ4v) is 7.91. The van der Waals surface area contributed by atoms with E-state index in [0.717, 1.165) is 55.7 Å². The van der Waals surface area contributed by atoms with E-state index < -0.39 is 0 Å². The largest absolute Gasteiger partial charge is 0.456 e. The smallest absolute Gasteiger partial charge is 0.135 e. The van der Waals surface area contributed by atoms with E-state index in [1.165, 1.54) is 38.6 Å². The molecule has 0 amide bonds. The van der Waals surface area contributed by atoms with Crippen LogP contribution in [0.4, 0.5) is 17.1 Å². The van der Waals surface area contributed by atoms with Crippen LogP contribution in [0.3, 0.4) is 0 Å². The molecule has 0 saturated heterocycles. The van der Waals surface area contributed by atoms with Crippen LogP contribution in [0.5, 0.6) is 0 Å². The Morgan fingerprint density at radius 2 is 0.870 bits per heavy atom. The second-order valence-electron chi connectivity index (χ2n) is 13.7. The quantitative estimate of drug-likeness (QED) is 0.166. The molecule has 0 saturated carbocycles. The molecule has 0 radical (unpaired) electrons. The molecule has 10 aromatic rings. The molecule has 10 rings (SSSR count). The fraction of sp³-hybridized carbons (Fsp3) is 0. The van der Waals surface area contributed by atoms with Crippen LogP contribution < -0.4 is 4.90 Å². The molecule has 0 atom stereocenters. The van der Waals surface area contributed by atoms with Crippen molar-refractivity contribution in [2.24, 2.45) is 0 Å². The Bertz CT molecular complexity index is 2930. The van der Waals surface area contributed by atoms with E-state index in [2.05, 4.69) is 205 Å². The highest BCUT2D eigenvalue weighted by Crippen LogP contribution is 2.44. The second kappa shape index (κ2) is 13.4. The maximum atomic E-state index is 6.22. The summed E-state index contributed by atoms with van der Waals surface area (Å²) in [4.78, 5) is 2.39. The first kappa shape index (κ1) is 31.6. The molecule has 1 aromatic heterocycles. The minimum absolute atomic E-state index is 0.892. The van der Waals surface area contributed by atoms with E-state index in [1.54, 1.807) is 0 Å². The highest BCUT2D eigenvalue weighted by molar-refractivity contribution is 6.07. The zero-order valence-electron chi connectivity index (χ0n) is 29.6. The minimum atomic E-state index is 0.892. The summed E-state index contributed by atoms with van der Waals surface area (Å²) in [6, 6.07) is 76.0. The standard InChI is InChI=1S/C52H35NO/c1-2-14-36(15-3-1)37-28-31-41(32-29-37)53(50-26-10-8-22-45(50)40-30-33-52-49(35-40)48-24-9-11-27-51(48)54-52)42-19-12-18-39(34-42)44-21-6-7-23-46(44)47-25-13-17-38-16-4-5-20-43(38)47/h1-35H. The van der Waals surface area contributed by atoms with Crippen molar-refractivity contribution in [3.8, 4) is 44.5 Å². The monoisotopic (exact) mass is 689 g/mol. The van der Waals surface area contributed by atoms with Gasteiger partial charge in [-0.3, -0.25) is 0 Å². The lowest BCUT2D eigenvalue weighted by molar-refractivity contribution is 0.669. The van der Waals surface area contributed by atoms with Gasteiger partial charge in [0, 0.05) is 27.7 Å². The van der Waals surface area contributed by atoms with Crippen LogP contribution in [0.25, 0.3) is 77.2 Å². The van der Waals surface area contributed by atoms with Crippen LogP contribution in [0, 0.1) is 0 Å². The van der Waals surface area contributed by atoms with E-state index in [1.807, 2.05) is 12.1 Å². The van der Waals surface area contributed by atoms with Gasteiger partial charge in [0.15, 0.2) is 0 Å². The average Bonchev–Trinajstić information content (AvgIpc) is 3.62. The summed E-state index contributed by atoms with van der Waals surface area (Å²) < 4.78 is 6.22. The first-order valence-electron chi connectivity index (χ1n) is 18.4. The van der Waals surface area contributed by atoms with Gasteiger partial charge in [-0.05, 0) is 98.2 Å². The van der Waals surface area contributed by atoms with Crippen LogP contribution in [0.1, 0.15) is 0 Å². The number of hydrogen-bond acceptors (Lipinski definition) is 2. The molecular formula is C52H35NO. The van der Waals surface area contributed by atoms with Gasteiger partial charge in [-0.2, -0.15) is 0 Å². The van der Waals surface area contributed by atoms with Gasteiger partial charge in [0.2, 0.25) is 0 Å². The zero-order valence-corrected chi connectivity index (χ0v) is 29.6. The Labute approximate surface area is 314 Å². The third kappa shape index (κ3) is 5.62. The van der Waals surface area contributed by atoms with Crippen LogP contribution in [-0.2, 0) is 0 Å². The summed E-state index contributed by atoms with van der Waals surface area (Å²) in [5.41, 5.74) is 14.5. The molecule has 0 aliphatic heterocycles. The highest BCUT2D eigenvalue weighted by atomic mass is 16.3. The first-order valence-corrected chi connectivity index (χ1v) is 18.4. The maximum absolute atomic E-state index is 6.22. The number of nitrogens with zero attached hydrogens (tertiary/aromatic N) is 1. The van der Waals surface area contributed by atoms with E-state index in [4.69, 9.17) is 4.42 Å². The number of rotatable bonds is 7. The Balaban J connectivity index is 1.15. The van der Waals surface area contributed by atoms with Crippen molar-refractivity contribution in [3.63, 3.8) is 0 Å². The molecule has 0 fully saturated rings. The third-order valence-corrected chi connectivity index (χ3v) is 10.5. The van der Waals surface area contributed by atoms with E-state index >= 15 is 0 Å². The van der Waals surface area contributed by atoms with Gasteiger partial charge >= 0.3 is 0 Å². The molecule has 0 aliphatic carbocycles. The van der Waals surface area contributed by atoms with Crippen LogP contribution >= 0.6 is 0 Å². The Hall–Kier alpha value is -7.16. The van der Waals surface area contributed by atoms with Gasteiger partial charge in [-0.15, -0.1) is 0 Å². The van der Waals surface area contributed by atoms with Crippen LogP contribution in [0.2, 0.25) is 0 Å². The molecule has 1 heterocycles. The van der Waals surface area contributed by atoms with E-state index in [-0.39, 0.29) is 0 Å². The topological polar surface area (TPSA) is 16.4 Å². The van der Waals surface area contributed by atoms with Gasteiger partial charge in [0.05, 0.1) is 5.69 Å². The van der Waals surface area contributed by atoms with Crippen molar-refractivity contribution in [2.45, 2.75) is 0 Å². The summed E-state index contributed by atoms with van der Waals surface area (Å²) in [6.07, 6.45) is 0.